The van der Waals surface area contributed by atoms with Gasteiger partial charge in [-0.25, -0.2) is 9.50 Å². The van der Waals surface area contributed by atoms with Crippen LogP contribution < -0.4 is 4.90 Å². The number of fused-ring (bicyclic) bond motifs is 3. The Morgan fingerprint density at radius 2 is 2.38 bits per heavy atom. The molecule has 0 saturated carbocycles. The van der Waals surface area contributed by atoms with Gasteiger partial charge in [-0.15, -0.1) is 0 Å². The van der Waals surface area contributed by atoms with Crippen molar-refractivity contribution in [2.24, 2.45) is 0 Å². The number of morpholine rings is 1. The van der Waals surface area contributed by atoms with Gasteiger partial charge in [0, 0.05) is 18.8 Å². The first-order valence-corrected chi connectivity index (χ1v) is 5.59. The standard InChI is InChI=1S/C11H12N4O/c1-3-12-15-4-2-10(13-11(1)15)14-6-9-5-8(14)7-16-9/h1-4,8-9H,5-7H2/t8-,9-/m1/s1. The second kappa shape index (κ2) is 2.95. The second-order valence-electron chi connectivity index (χ2n) is 4.42. The summed E-state index contributed by atoms with van der Waals surface area (Å²) in [7, 11) is 0. The van der Waals surface area contributed by atoms with Crippen LogP contribution in [0.1, 0.15) is 6.42 Å². The van der Waals surface area contributed by atoms with Crippen molar-refractivity contribution in [1.82, 2.24) is 14.6 Å². The third-order valence-electron chi connectivity index (χ3n) is 3.44. The van der Waals surface area contributed by atoms with E-state index < -0.39 is 0 Å². The van der Waals surface area contributed by atoms with E-state index in [-0.39, 0.29) is 0 Å². The molecule has 2 aliphatic heterocycles. The first-order chi connectivity index (χ1) is 7.90. The van der Waals surface area contributed by atoms with Crippen LogP contribution in [-0.2, 0) is 4.74 Å². The maximum atomic E-state index is 5.59. The Labute approximate surface area is 92.6 Å². The van der Waals surface area contributed by atoms with E-state index in [1.807, 2.05) is 18.3 Å². The highest BCUT2D eigenvalue weighted by molar-refractivity contribution is 5.49. The van der Waals surface area contributed by atoms with Crippen molar-refractivity contribution in [2.45, 2.75) is 18.6 Å². The normalized spacial score (nSPS) is 28.1. The smallest absolute Gasteiger partial charge is 0.157 e. The summed E-state index contributed by atoms with van der Waals surface area (Å²) >= 11 is 0. The molecule has 4 rings (SSSR count). The molecule has 2 bridgehead atoms. The molecular formula is C11H12N4O. The molecule has 0 aliphatic carbocycles. The molecule has 2 aromatic rings. The van der Waals surface area contributed by atoms with Crippen LogP contribution in [-0.4, -0.2) is 39.9 Å². The van der Waals surface area contributed by atoms with Crippen molar-refractivity contribution in [2.75, 3.05) is 18.1 Å². The van der Waals surface area contributed by atoms with Crippen LogP contribution in [0.4, 0.5) is 5.82 Å². The average molecular weight is 216 g/mol. The van der Waals surface area contributed by atoms with Crippen LogP contribution in [0.3, 0.4) is 0 Å². The van der Waals surface area contributed by atoms with Gasteiger partial charge in [0.05, 0.1) is 24.9 Å². The van der Waals surface area contributed by atoms with E-state index in [4.69, 9.17) is 4.74 Å². The van der Waals surface area contributed by atoms with Crippen molar-refractivity contribution in [3.63, 3.8) is 0 Å². The van der Waals surface area contributed by atoms with Crippen LogP contribution in [0, 0.1) is 0 Å². The van der Waals surface area contributed by atoms with E-state index in [0.29, 0.717) is 12.1 Å². The summed E-state index contributed by atoms with van der Waals surface area (Å²) in [6.07, 6.45) is 5.29. The molecular weight excluding hydrogens is 204 g/mol. The quantitative estimate of drug-likeness (QED) is 0.704. The molecule has 2 saturated heterocycles. The number of aromatic nitrogens is 3. The summed E-state index contributed by atoms with van der Waals surface area (Å²) in [6, 6.07) is 4.47. The Morgan fingerprint density at radius 3 is 3.19 bits per heavy atom. The molecule has 2 aliphatic rings. The van der Waals surface area contributed by atoms with Crippen LogP contribution in [0.25, 0.3) is 5.65 Å². The van der Waals surface area contributed by atoms with Crippen molar-refractivity contribution < 1.29 is 4.74 Å². The summed E-state index contributed by atoms with van der Waals surface area (Å²) in [6.45, 7) is 1.82. The summed E-state index contributed by atoms with van der Waals surface area (Å²) in [4.78, 5) is 6.96. The monoisotopic (exact) mass is 216 g/mol. The van der Waals surface area contributed by atoms with Gasteiger partial charge in [0.15, 0.2) is 5.65 Å². The molecule has 5 heteroatoms. The molecule has 2 atom stereocenters. The third kappa shape index (κ3) is 1.09. The van der Waals surface area contributed by atoms with Crippen LogP contribution >= 0.6 is 0 Å². The van der Waals surface area contributed by atoms with Gasteiger partial charge in [0.2, 0.25) is 0 Å². The van der Waals surface area contributed by atoms with Crippen molar-refractivity contribution >= 4 is 11.5 Å². The lowest BCUT2D eigenvalue weighted by Gasteiger charge is -2.27. The minimum absolute atomic E-state index is 0.410. The fourth-order valence-corrected chi connectivity index (χ4v) is 2.64. The molecule has 2 aromatic heterocycles. The molecule has 0 radical (unpaired) electrons. The predicted octanol–water partition coefficient (Wildman–Crippen LogP) is 0.707. The number of hydrogen-bond acceptors (Lipinski definition) is 4. The maximum absolute atomic E-state index is 5.59. The molecule has 0 unspecified atom stereocenters. The Kier molecular flexibility index (Phi) is 1.57. The zero-order chi connectivity index (χ0) is 10.5. The molecule has 0 N–H and O–H groups in total. The number of ether oxygens (including phenoxy) is 1. The highest BCUT2D eigenvalue weighted by atomic mass is 16.5. The molecule has 0 spiro atoms. The van der Waals surface area contributed by atoms with Crippen LogP contribution in [0.2, 0.25) is 0 Å². The summed E-state index contributed by atoms with van der Waals surface area (Å²) in [5.74, 6) is 1.05. The fourth-order valence-electron chi connectivity index (χ4n) is 2.64. The molecule has 4 heterocycles. The van der Waals surface area contributed by atoms with E-state index in [1.165, 1.54) is 0 Å². The SMILES string of the molecule is c1cc2nc(N3C[C@H]4C[C@@H]3CO4)ccn2n1. The Balaban J connectivity index is 1.76. The van der Waals surface area contributed by atoms with Crippen molar-refractivity contribution in [3.05, 3.63) is 24.5 Å². The van der Waals surface area contributed by atoms with E-state index in [1.54, 1.807) is 10.7 Å². The zero-order valence-corrected chi connectivity index (χ0v) is 8.78. The van der Waals surface area contributed by atoms with Gasteiger partial charge in [-0.2, -0.15) is 5.10 Å². The number of anilines is 1. The topological polar surface area (TPSA) is 42.7 Å². The largest absolute Gasteiger partial charge is 0.374 e. The first-order valence-electron chi connectivity index (χ1n) is 5.59. The summed E-state index contributed by atoms with van der Waals surface area (Å²) in [5, 5.41) is 4.15. The second-order valence-corrected chi connectivity index (χ2v) is 4.42. The van der Waals surface area contributed by atoms with Crippen molar-refractivity contribution in [3.8, 4) is 0 Å². The molecule has 0 amide bonds. The summed E-state index contributed by atoms with van der Waals surface area (Å²) in [5.41, 5.74) is 0.904. The van der Waals surface area contributed by atoms with Crippen LogP contribution in [0.5, 0.6) is 0 Å². The molecule has 2 fully saturated rings. The van der Waals surface area contributed by atoms with Crippen LogP contribution in [0.15, 0.2) is 24.5 Å². The molecule has 82 valence electrons. The minimum atomic E-state index is 0.410. The van der Waals surface area contributed by atoms with Gasteiger partial charge in [0.25, 0.3) is 0 Å². The molecule has 16 heavy (non-hydrogen) atoms. The first kappa shape index (κ1) is 8.52. The lowest BCUT2D eigenvalue weighted by Crippen LogP contribution is -2.37. The fraction of sp³-hybridized carbons (Fsp3) is 0.455. The minimum Gasteiger partial charge on any atom is -0.374 e. The Bertz CT molecular complexity index is 538. The highest BCUT2D eigenvalue weighted by Crippen LogP contribution is 2.31. The van der Waals surface area contributed by atoms with E-state index in [2.05, 4.69) is 15.0 Å². The summed E-state index contributed by atoms with van der Waals surface area (Å²) < 4.78 is 7.38. The van der Waals surface area contributed by atoms with Gasteiger partial charge in [-0.05, 0) is 12.5 Å². The predicted molar refractivity (Wildman–Crippen MR) is 58.5 cm³/mol. The maximum Gasteiger partial charge on any atom is 0.157 e. The lowest BCUT2D eigenvalue weighted by atomic mass is 10.2. The third-order valence-corrected chi connectivity index (χ3v) is 3.44. The molecule has 5 nitrogen and oxygen atoms in total. The van der Waals surface area contributed by atoms with E-state index in [9.17, 15) is 0 Å². The Morgan fingerprint density at radius 1 is 1.38 bits per heavy atom. The molecule has 0 aromatic carbocycles. The van der Waals surface area contributed by atoms with Gasteiger partial charge in [-0.1, -0.05) is 0 Å². The number of nitrogens with zero attached hydrogens (tertiary/aromatic N) is 4. The van der Waals surface area contributed by atoms with Gasteiger partial charge < -0.3 is 9.64 Å². The highest BCUT2D eigenvalue weighted by Gasteiger charge is 2.39. The van der Waals surface area contributed by atoms with Gasteiger partial charge >= 0.3 is 0 Å². The van der Waals surface area contributed by atoms with E-state index in [0.717, 1.165) is 31.0 Å². The Hall–Kier alpha value is -1.62. The van der Waals surface area contributed by atoms with Gasteiger partial charge in [-0.3, -0.25) is 0 Å². The van der Waals surface area contributed by atoms with Crippen molar-refractivity contribution in [1.29, 1.82) is 0 Å². The lowest BCUT2D eigenvalue weighted by molar-refractivity contribution is 0.0989. The van der Waals surface area contributed by atoms with Gasteiger partial charge in [0.1, 0.15) is 5.82 Å². The average Bonchev–Trinajstić information content (AvgIpc) is 3.03. The number of rotatable bonds is 1. The van der Waals surface area contributed by atoms with E-state index >= 15 is 0 Å². The zero-order valence-electron chi connectivity index (χ0n) is 8.78. The number of hydrogen-bond donors (Lipinski definition) is 0.